The topological polar surface area (TPSA) is 51.2 Å². The molecule has 0 saturated carbocycles. The Kier molecular flexibility index (Phi) is 5.92. The molecule has 0 saturated heterocycles. The van der Waals surface area contributed by atoms with Crippen molar-refractivity contribution >= 4 is 17.5 Å². The number of ether oxygens (including phenoxy) is 1. The van der Waals surface area contributed by atoms with E-state index in [4.69, 9.17) is 16.3 Å². The first-order valence-corrected chi connectivity index (χ1v) is 6.53. The van der Waals surface area contributed by atoms with E-state index in [1.54, 1.807) is 25.3 Å². The third-order valence-electron chi connectivity index (χ3n) is 2.73. The van der Waals surface area contributed by atoms with Gasteiger partial charge in [-0.15, -0.1) is 0 Å². The maximum Gasteiger partial charge on any atom is 0.260 e. The molecule has 1 amide bonds. The van der Waals surface area contributed by atoms with Crippen LogP contribution in [0, 0.1) is 0 Å². The standard InChI is InChI=1S/C13H19ClN2O2/c1-4-10(5-2)16-13(17)9(3)18-11-7-6-8-15-12(11)14/h6-10H,4-5H2,1-3H3,(H,16,17). The predicted octanol–water partition coefficient (Wildman–Crippen LogP) is 2.81. The average molecular weight is 271 g/mol. The lowest BCUT2D eigenvalue weighted by atomic mass is 10.1. The van der Waals surface area contributed by atoms with Crippen molar-refractivity contribution in [1.82, 2.24) is 10.3 Å². The zero-order valence-electron chi connectivity index (χ0n) is 10.9. The van der Waals surface area contributed by atoms with Crippen LogP contribution in [-0.2, 0) is 4.79 Å². The maximum atomic E-state index is 11.9. The molecule has 100 valence electrons. The number of hydrogen-bond acceptors (Lipinski definition) is 3. The Morgan fingerprint density at radius 1 is 1.50 bits per heavy atom. The predicted molar refractivity (Wildman–Crippen MR) is 71.8 cm³/mol. The summed E-state index contributed by atoms with van der Waals surface area (Å²) < 4.78 is 5.49. The van der Waals surface area contributed by atoms with Gasteiger partial charge in [0, 0.05) is 12.2 Å². The molecule has 1 aromatic rings. The Morgan fingerprint density at radius 2 is 2.17 bits per heavy atom. The second-order valence-corrected chi connectivity index (χ2v) is 4.43. The van der Waals surface area contributed by atoms with Crippen molar-refractivity contribution in [2.75, 3.05) is 0 Å². The molecule has 0 aromatic carbocycles. The van der Waals surface area contributed by atoms with Gasteiger partial charge in [0.05, 0.1) is 0 Å². The molecule has 0 fully saturated rings. The molecular formula is C13H19ClN2O2. The second-order valence-electron chi connectivity index (χ2n) is 4.07. The van der Waals surface area contributed by atoms with E-state index in [0.29, 0.717) is 5.75 Å². The SMILES string of the molecule is CCC(CC)NC(=O)C(C)Oc1cccnc1Cl. The molecule has 1 heterocycles. The summed E-state index contributed by atoms with van der Waals surface area (Å²) in [5, 5.41) is 3.19. The van der Waals surface area contributed by atoms with Crippen molar-refractivity contribution in [2.45, 2.75) is 45.8 Å². The Morgan fingerprint density at radius 3 is 2.72 bits per heavy atom. The van der Waals surface area contributed by atoms with E-state index in [1.165, 1.54) is 0 Å². The number of rotatable bonds is 6. The number of aromatic nitrogens is 1. The molecule has 1 aromatic heterocycles. The third kappa shape index (κ3) is 4.18. The number of carbonyl (C=O) groups is 1. The number of hydrogen-bond donors (Lipinski definition) is 1. The van der Waals surface area contributed by atoms with E-state index in [1.807, 2.05) is 13.8 Å². The van der Waals surface area contributed by atoms with Crippen molar-refractivity contribution in [3.05, 3.63) is 23.5 Å². The Bertz CT molecular complexity index is 394. The molecule has 4 nitrogen and oxygen atoms in total. The van der Waals surface area contributed by atoms with E-state index in [0.717, 1.165) is 12.8 Å². The summed E-state index contributed by atoms with van der Waals surface area (Å²) in [6.45, 7) is 5.77. The van der Waals surface area contributed by atoms with E-state index in [-0.39, 0.29) is 17.1 Å². The lowest BCUT2D eigenvalue weighted by Gasteiger charge is -2.19. The second kappa shape index (κ2) is 7.21. The minimum atomic E-state index is -0.590. The van der Waals surface area contributed by atoms with Crippen LogP contribution in [0.4, 0.5) is 0 Å². The molecule has 1 rings (SSSR count). The van der Waals surface area contributed by atoms with Gasteiger partial charge < -0.3 is 10.1 Å². The van der Waals surface area contributed by atoms with Crippen LogP contribution in [0.3, 0.4) is 0 Å². The summed E-state index contributed by atoms with van der Waals surface area (Å²) in [6, 6.07) is 3.59. The van der Waals surface area contributed by atoms with Crippen LogP contribution in [0.5, 0.6) is 5.75 Å². The zero-order valence-corrected chi connectivity index (χ0v) is 11.7. The largest absolute Gasteiger partial charge is 0.478 e. The number of amides is 1. The first kappa shape index (κ1) is 14.8. The molecule has 0 aliphatic rings. The van der Waals surface area contributed by atoms with Crippen LogP contribution in [0.25, 0.3) is 0 Å². The summed E-state index contributed by atoms with van der Waals surface area (Å²) >= 11 is 5.87. The van der Waals surface area contributed by atoms with E-state index < -0.39 is 6.10 Å². The van der Waals surface area contributed by atoms with Gasteiger partial charge in [-0.1, -0.05) is 25.4 Å². The highest BCUT2D eigenvalue weighted by Crippen LogP contribution is 2.21. The van der Waals surface area contributed by atoms with Gasteiger partial charge in [0.25, 0.3) is 5.91 Å². The molecule has 1 unspecified atom stereocenters. The number of nitrogens with zero attached hydrogens (tertiary/aromatic N) is 1. The molecule has 0 radical (unpaired) electrons. The molecule has 0 aliphatic carbocycles. The van der Waals surface area contributed by atoms with Crippen molar-refractivity contribution in [3.63, 3.8) is 0 Å². The highest BCUT2D eigenvalue weighted by molar-refractivity contribution is 6.30. The quantitative estimate of drug-likeness (QED) is 0.809. The van der Waals surface area contributed by atoms with Gasteiger partial charge in [0.15, 0.2) is 17.0 Å². The average Bonchev–Trinajstić information content (AvgIpc) is 2.38. The van der Waals surface area contributed by atoms with Gasteiger partial charge in [-0.05, 0) is 31.9 Å². The fourth-order valence-electron chi connectivity index (χ4n) is 1.51. The molecule has 0 bridgehead atoms. The third-order valence-corrected chi connectivity index (χ3v) is 3.01. The highest BCUT2D eigenvalue weighted by atomic mass is 35.5. The summed E-state index contributed by atoms with van der Waals surface area (Å²) in [5.74, 6) is 0.287. The van der Waals surface area contributed by atoms with E-state index in [2.05, 4.69) is 10.3 Å². The molecule has 0 aliphatic heterocycles. The van der Waals surface area contributed by atoms with Crippen LogP contribution in [0.15, 0.2) is 18.3 Å². The van der Waals surface area contributed by atoms with Crippen LogP contribution in [0.1, 0.15) is 33.6 Å². The van der Waals surface area contributed by atoms with Crippen LogP contribution < -0.4 is 10.1 Å². The summed E-state index contributed by atoms with van der Waals surface area (Å²) in [5.41, 5.74) is 0. The van der Waals surface area contributed by atoms with Gasteiger partial charge in [-0.2, -0.15) is 0 Å². The summed E-state index contributed by atoms with van der Waals surface area (Å²) in [7, 11) is 0. The fraction of sp³-hybridized carbons (Fsp3) is 0.538. The van der Waals surface area contributed by atoms with Crippen LogP contribution in [-0.4, -0.2) is 23.0 Å². The Hall–Kier alpha value is -1.29. The normalized spacial score (nSPS) is 12.3. The van der Waals surface area contributed by atoms with Crippen molar-refractivity contribution in [2.24, 2.45) is 0 Å². The van der Waals surface area contributed by atoms with Crippen molar-refractivity contribution in [1.29, 1.82) is 0 Å². The van der Waals surface area contributed by atoms with Crippen LogP contribution in [0.2, 0.25) is 5.15 Å². The molecule has 18 heavy (non-hydrogen) atoms. The molecule has 1 N–H and O–H groups in total. The summed E-state index contributed by atoms with van der Waals surface area (Å²) in [4.78, 5) is 15.8. The lowest BCUT2D eigenvalue weighted by Crippen LogP contribution is -2.42. The number of halogens is 1. The first-order valence-electron chi connectivity index (χ1n) is 6.16. The van der Waals surface area contributed by atoms with Gasteiger partial charge in [0.1, 0.15) is 0 Å². The number of pyridine rings is 1. The molecule has 0 spiro atoms. The first-order chi connectivity index (χ1) is 8.58. The van der Waals surface area contributed by atoms with Crippen molar-refractivity contribution < 1.29 is 9.53 Å². The number of carbonyl (C=O) groups excluding carboxylic acids is 1. The minimum Gasteiger partial charge on any atom is -0.478 e. The van der Waals surface area contributed by atoms with Gasteiger partial charge in [-0.25, -0.2) is 4.98 Å². The van der Waals surface area contributed by atoms with E-state index >= 15 is 0 Å². The Balaban J connectivity index is 2.57. The molecule has 5 heteroatoms. The molecular weight excluding hydrogens is 252 g/mol. The van der Waals surface area contributed by atoms with E-state index in [9.17, 15) is 4.79 Å². The number of nitrogens with one attached hydrogen (secondary N) is 1. The molecule has 1 atom stereocenters. The summed E-state index contributed by atoms with van der Waals surface area (Å²) in [6.07, 6.45) is 2.79. The van der Waals surface area contributed by atoms with Gasteiger partial charge in [0.2, 0.25) is 0 Å². The minimum absolute atomic E-state index is 0.136. The van der Waals surface area contributed by atoms with Crippen LogP contribution >= 0.6 is 11.6 Å². The highest BCUT2D eigenvalue weighted by Gasteiger charge is 2.18. The Labute approximate surface area is 113 Å². The maximum absolute atomic E-state index is 11.9. The van der Waals surface area contributed by atoms with Crippen molar-refractivity contribution in [3.8, 4) is 5.75 Å². The fourth-order valence-corrected chi connectivity index (χ4v) is 1.68. The lowest BCUT2D eigenvalue weighted by molar-refractivity contribution is -0.128. The van der Waals surface area contributed by atoms with Gasteiger partial charge >= 0.3 is 0 Å². The smallest absolute Gasteiger partial charge is 0.260 e. The van der Waals surface area contributed by atoms with Gasteiger partial charge in [-0.3, -0.25) is 4.79 Å². The zero-order chi connectivity index (χ0) is 13.5. The monoisotopic (exact) mass is 270 g/mol.